The van der Waals surface area contributed by atoms with Crippen LogP contribution in [0.25, 0.3) is 10.8 Å². The molecule has 0 aliphatic carbocycles. The van der Waals surface area contributed by atoms with E-state index in [1.807, 2.05) is 0 Å². The van der Waals surface area contributed by atoms with E-state index in [9.17, 15) is 31.3 Å². The number of hydrogen-bond acceptors (Lipinski definition) is 6. The Hall–Kier alpha value is -2.99. The molecule has 0 unspecified atom stereocenters. The molecule has 3 aromatic carbocycles. The predicted octanol–water partition coefficient (Wildman–Crippen LogP) is 2.29. The van der Waals surface area contributed by atoms with Crippen LogP contribution in [0.3, 0.4) is 0 Å². The van der Waals surface area contributed by atoms with E-state index in [1.165, 1.54) is 30.3 Å². The van der Waals surface area contributed by atoms with Crippen molar-refractivity contribution in [2.45, 2.75) is 9.79 Å². The fourth-order valence-corrected chi connectivity index (χ4v) is 3.58. The molecule has 0 radical (unpaired) electrons. The zero-order valence-electron chi connectivity index (χ0n) is 13.9. The number of nitrogens with one attached hydrogen (secondary N) is 1. The Morgan fingerprint density at radius 2 is 1.39 bits per heavy atom. The van der Waals surface area contributed by atoms with E-state index in [1.54, 1.807) is 0 Å². The summed E-state index contributed by atoms with van der Waals surface area (Å²) in [7, 11) is -8.98. The van der Waals surface area contributed by atoms with E-state index in [0.717, 1.165) is 24.3 Å². The maximum atomic E-state index is 12.4. The summed E-state index contributed by atoms with van der Waals surface area (Å²) in [5, 5.41) is 13.0. The number of carbonyl (C=O) groups excluding carboxylic acids is 1. The van der Waals surface area contributed by atoms with Crippen molar-refractivity contribution in [3.8, 4) is 5.75 Å². The van der Waals surface area contributed by atoms with Gasteiger partial charge in [-0.3, -0.25) is 13.9 Å². The molecule has 146 valence electrons. The molecule has 1 amide bonds. The summed E-state index contributed by atoms with van der Waals surface area (Å²) < 4.78 is 63.1. The fraction of sp³-hybridized carbons (Fsp3) is 0. The number of hydrogen-bond donors (Lipinski definition) is 4. The van der Waals surface area contributed by atoms with Gasteiger partial charge in [0.05, 0.1) is 9.79 Å². The number of benzene rings is 3. The van der Waals surface area contributed by atoms with E-state index in [-0.39, 0.29) is 26.9 Å². The molecule has 0 bridgehead atoms. The van der Waals surface area contributed by atoms with Gasteiger partial charge in [-0.25, -0.2) is 0 Å². The maximum absolute atomic E-state index is 12.4. The summed E-state index contributed by atoms with van der Waals surface area (Å²) in [5.74, 6) is -1.05. The summed E-state index contributed by atoms with van der Waals surface area (Å²) in [6, 6.07) is 10.9. The number of phenolic OH excluding ortho intramolecular Hbond substituents is 1. The van der Waals surface area contributed by atoms with Crippen LogP contribution in [0.4, 0.5) is 5.69 Å². The maximum Gasteiger partial charge on any atom is 0.294 e. The van der Waals surface area contributed by atoms with Crippen molar-refractivity contribution in [1.82, 2.24) is 0 Å². The van der Waals surface area contributed by atoms with Crippen LogP contribution in [0.5, 0.6) is 5.75 Å². The molecule has 0 aliphatic heterocycles. The molecule has 3 aromatic rings. The van der Waals surface area contributed by atoms with Crippen LogP contribution >= 0.6 is 0 Å². The lowest BCUT2D eigenvalue weighted by molar-refractivity contribution is 0.102. The number of aromatic hydroxyl groups is 1. The van der Waals surface area contributed by atoms with Crippen LogP contribution < -0.4 is 5.32 Å². The van der Waals surface area contributed by atoms with Crippen LogP contribution in [0.15, 0.2) is 64.4 Å². The number of rotatable bonds is 4. The van der Waals surface area contributed by atoms with Gasteiger partial charge in [0.25, 0.3) is 26.1 Å². The smallest absolute Gasteiger partial charge is 0.294 e. The first-order valence-electron chi connectivity index (χ1n) is 7.59. The Balaban J connectivity index is 2.02. The average molecular weight is 423 g/mol. The third kappa shape index (κ3) is 3.97. The molecule has 0 heterocycles. The molecule has 0 aliphatic rings. The second kappa shape index (κ2) is 6.87. The minimum absolute atomic E-state index is 0.0690. The molecular weight excluding hydrogens is 410 g/mol. The van der Waals surface area contributed by atoms with Crippen molar-refractivity contribution in [1.29, 1.82) is 0 Å². The van der Waals surface area contributed by atoms with Gasteiger partial charge in [-0.1, -0.05) is 12.1 Å². The lowest BCUT2D eigenvalue weighted by atomic mass is 10.1. The molecule has 4 N–H and O–H groups in total. The van der Waals surface area contributed by atoms with E-state index in [2.05, 4.69) is 5.32 Å². The number of fused-ring (bicyclic) bond motifs is 1. The van der Waals surface area contributed by atoms with E-state index < -0.39 is 36.8 Å². The molecule has 11 heteroatoms. The second-order valence-electron chi connectivity index (χ2n) is 5.77. The number of phenols is 1. The summed E-state index contributed by atoms with van der Waals surface area (Å²) in [6.07, 6.45) is 0. The molecule has 0 atom stereocenters. The average Bonchev–Trinajstić information content (AvgIpc) is 2.61. The molecule has 0 saturated heterocycles. The molecule has 0 aromatic heterocycles. The van der Waals surface area contributed by atoms with Crippen LogP contribution in [0, 0.1) is 0 Å². The first-order chi connectivity index (χ1) is 13.0. The molecule has 0 saturated carbocycles. The third-order valence-corrected chi connectivity index (χ3v) is 5.61. The summed E-state index contributed by atoms with van der Waals surface area (Å²) in [4.78, 5) is 11.5. The van der Waals surface area contributed by atoms with E-state index in [4.69, 9.17) is 4.55 Å². The summed E-state index contributed by atoms with van der Waals surface area (Å²) >= 11 is 0. The van der Waals surface area contributed by atoms with Crippen molar-refractivity contribution in [3.63, 3.8) is 0 Å². The summed E-state index contributed by atoms with van der Waals surface area (Å²) in [5.41, 5.74) is 0.224. The third-order valence-electron chi connectivity index (χ3n) is 3.91. The van der Waals surface area contributed by atoms with Gasteiger partial charge in [-0.2, -0.15) is 16.8 Å². The lowest BCUT2D eigenvalue weighted by Crippen LogP contribution is -2.12. The van der Waals surface area contributed by atoms with Gasteiger partial charge >= 0.3 is 0 Å². The van der Waals surface area contributed by atoms with Crippen molar-refractivity contribution in [2.24, 2.45) is 0 Å². The minimum atomic E-state index is -4.59. The predicted molar refractivity (Wildman–Crippen MR) is 99.6 cm³/mol. The zero-order valence-corrected chi connectivity index (χ0v) is 15.5. The first kappa shape index (κ1) is 19.8. The number of anilines is 1. The Bertz CT molecular complexity index is 1300. The molecule has 28 heavy (non-hydrogen) atoms. The number of amides is 1. The Morgan fingerprint density at radius 3 is 1.96 bits per heavy atom. The quantitative estimate of drug-likeness (QED) is 0.465. The van der Waals surface area contributed by atoms with Gasteiger partial charge in [-0.05, 0) is 36.4 Å². The first-order valence-corrected chi connectivity index (χ1v) is 10.5. The molecule has 0 fully saturated rings. The monoisotopic (exact) mass is 423 g/mol. The highest BCUT2D eigenvalue weighted by molar-refractivity contribution is 7.86. The molecule has 3 rings (SSSR count). The van der Waals surface area contributed by atoms with Gasteiger partial charge < -0.3 is 10.4 Å². The fourth-order valence-electron chi connectivity index (χ4n) is 2.57. The SMILES string of the molecule is O=C(Nc1cccc2c(O)cc(S(=O)(=O)O)cc12)c1ccc(S(=O)(=O)O)cc1. The van der Waals surface area contributed by atoms with Crippen LogP contribution in [-0.4, -0.2) is 37.0 Å². The lowest BCUT2D eigenvalue weighted by Gasteiger charge is -2.11. The summed E-state index contributed by atoms with van der Waals surface area (Å²) in [6.45, 7) is 0. The minimum Gasteiger partial charge on any atom is -0.507 e. The molecular formula is C17H13NO8S2. The number of carbonyl (C=O) groups is 1. The van der Waals surface area contributed by atoms with Gasteiger partial charge in [0.1, 0.15) is 5.75 Å². The van der Waals surface area contributed by atoms with Crippen molar-refractivity contribution < 1.29 is 35.8 Å². The standard InChI is InChI=1S/C17H13NO8S2/c19-16-9-12(28(24,25)26)8-14-13(16)2-1-3-15(14)18-17(20)10-4-6-11(7-5-10)27(21,22)23/h1-9,19H,(H,18,20)(H,21,22,23)(H,24,25,26). The second-order valence-corrected chi connectivity index (χ2v) is 8.61. The van der Waals surface area contributed by atoms with Gasteiger partial charge in [0, 0.05) is 28.1 Å². The highest BCUT2D eigenvalue weighted by Crippen LogP contribution is 2.33. The zero-order chi connectivity index (χ0) is 20.7. The highest BCUT2D eigenvalue weighted by atomic mass is 32.2. The van der Waals surface area contributed by atoms with Crippen LogP contribution in [0.1, 0.15) is 10.4 Å². The highest BCUT2D eigenvalue weighted by Gasteiger charge is 2.17. The van der Waals surface area contributed by atoms with Crippen LogP contribution in [0.2, 0.25) is 0 Å². The van der Waals surface area contributed by atoms with Gasteiger partial charge in [0.15, 0.2) is 0 Å². The van der Waals surface area contributed by atoms with Crippen LogP contribution in [-0.2, 0) is 20.2 Å². The topological polar surface area (TPSA) is 158 Å². The molecule has 0 spiro atoms. The van der Waals surface area contributed by atoms with Gasteiger partial charge in [0.2, 0.25) is 0 Å². The Labute approximate surface area is 159 Å². The van der Waals surface area contributed by atoms with E-state index in [0.29, 0.717) is 0 Å². The van der Waals surface area contributed by atoms with E-state index >= 15 is 0 Å². The van der Waals surface area contributed by atoms with Gasteiger partial charge in [-0.15, -0.1) is 0 Å². The van der Waals surface area contributed by atoms with Crippen molar-refractivity contribution >= 4 is 42.6 Å². The van der Waals surface area contributed by atoms with Crippen molar-refractivity contribution in [2.75, 3.05) is 5.32 Å². The Kier molecular flexibility index (Phi) is 4.85. The van der Waals surface area contributed by atoms with Crippen molar-refractivity contribution in [3.05, 3.63) is 60.2 Å². The normalized spacial score (nSPS) is 12.1. The molecule has 9 nitrogen and oxygen atoms in total. The Morgan fingerprint density at radius 1 is 0.786 bits per heavy atom. The largest absolute Gasteiger partial charge is 0.507 e.